The maximum Gasteiger partial charge on any atom is 0.409 e. The molecule has 0 saturated carbocycles. The highest BCUT2D eigenvalue weighted by Crippen LogP contribution is 2.18. The number of amides is 3. The summed E-state index contributed by atoms with van der Waals surface area (Å²) in [4.78, 5) is 39.6. The molecule has 2 saturated heterocycles. The van der Waals surface area contributed by atoms with Crippen molar-refractivity contribution in [1.29, 1.82) is 0 Å². The van der Waals surface area contributed by atoms with E-state index in [0.717, 1.165) is 12.8 Å². The Balaban J connectivity index is 1.42. The molecular weight excluding hydrogens is 346 g/mol. The predicted molar refractivity (Wildman–Crippen MR) is 100.0 cm³/mol. The van der Waals surface area contributed by atoms with Crippen molar-refractivity contribution in [3.05, 3.63) is 35.9 Å². The van der Waals surface area contributed by atoms with Gasteiger partial charge in [-0.15, -0.1) is 0 Å². The van der Waals surface area contributed by atoms with Crippen LogP contribution in [0.2, 0.25) is 0 Å². The van der Waals surface area contributed by atoms with Crippen LogP contribution in [-0.4, -0.2) is 67.0 Å². The van der Waals surface area contributed by atoms with Crippen molar-refractivity contribution in [2.75, 3.05) is 39.3 Å². The van der Waals surface area contributed by atoms with Crippen LogP contribution in [0, 0.1) is 5.92 Å². The molecule has 0 aliphatic carbocycles. The van der Waals surface area contributed by atoms with Crippen LogP contribution in [0.4, 0.5) is 4.79 Å². The van der Waals surface area contributed by atoms with Gasteiger partial charge < -0.3 is 19.9 Å². The topological polar surface area (TPSA) is 79.0 Å². The number of nitrogens with zero attached hydrogens (tertiary/aromatic N) is 2. The van der Waals surface area contributed by atoms with Gasteiger partial charge in [-0.1, -0.05) is 30.3 Å². The smallest absolute Gasteiger partial charge is 0.409 e. The Morgan fingerprint density at radius 2 is 1.96 bits per heavy atom. The summed E-state index contributed by atoms with van der Waals surface area (Å²) >= 11 is 0. The first kappa shape index (κ1) is 19.2. The number of ether oxygens (including phenoxy) is 1. The zero-order valence-electron chi connectivity index (χ0n) is 15.6. The van der Waals surface area contributed by atoms with Gasteiger partial charge in [0.05, 0.1) is 12.5 Å². The van der Waals surface area contributed by atoms with E-state index in [1.165, 1.54) is 5.56 Å². The molecule has 0 spiro atoms. The molecule has 2 heterocycles. The third-order valence-corrected chi connectivity index (χ3v) is 5.12. The molecule has 2 aliphatic rings. The number of likely N-dealkylation sites (tertiary alicyclic amines) is 1. The summed E-state index contributed by atoms with van der Waals surface area (Å²) in [5.74, 6) is -0.115. The number of nitrogens with one attached hydrogen (secondary N) is 1. The Morgan fingerprint density at radius 1 is 1.15 bits per heavy atom. The minimum Gasteiger partial charge on any atom is -0.449 e. The maximum atomic E-state index is 12.5. The van der Waals surface area contributed by atoms with Gasteiger partial charge in [0, 0.05) is 39.1 Å². The molecule has 1 N–H and O–H groups in total. The first-order valence-electron chi connectivity index (χ1n) is 9.64. The van der Waals surface area contributed by atoms with Crippen LogP contribution in [0.15, 0.2) is 30.3 Å². The lowest BCUT2D eigenvalue weighted by Gasteiger charge is -2.32. The Kier molecular flexibility index (Phi) is 6.68. The van der Waals surface area contributed by atoms with Crippen LogP contribution in [0.5, 0.6) is 0 Å². The van der Waals surface area contributed by atoms with E-state index in [4.69, 9.17) is 4.74 Å². The monoisotopic (exact) mass is 373 g/mol. The standard InChI is InChI=1S/C20H27N3O4/c24-18-8-7-17(15-23(18)12-9-16-5-2-1-3-6-16)19(25)21-10-13-22-11-4-14-27-20(22)26/h1-3,5-6,17H,4,7-15H2,(H,21,25). The molecular formula is C20H27N3O4. The van der Waals surface area contributed by atoms with Gasteiger partial charge in [-0.05, 0) is 24.8 Å². The summed E-state index contributed by atoms with van der Waals surface area (Å²) in [5, 5.41) is 2.90. The Bertz CT molecular complexity index is 664. The third kappa shape index (κ3) is 5.45. The largest absolute Gasteiger partial charge is 0.449 e. The normalized spacial score (nSPS) is 20.4. The van der Waals surface area contributed by atoms with E-state index in [0.29, 0.717) is 52.2 Å². The summed E-state index contributed by atoms with van der Waals surface area (Å²) in [6, 6.07) is 10.0. The summed E-state index contributed by atoms with van der Waals surface area (Å²) in [6.07, 6.45) is 2.29. The number of carbonyl (C=O) groups excluding carboxylic acids is 3. The van der Waals surface area contributed by atoms with E-state index in [1.54, 1.807) is 9.80 Å². The van der Waals surface area contributed by atoms with E-state index in [2.05, 4.69) is 5.32 Å². The first-order valence-corrected chi connectivity index (χ1v) is 9.64. The number of rotatable bonds is 7. The number of hydrogen-bond donors (Lipinski definition) is 1. The Morgan fingerprint density at radius 3 is 2.74 bits per heavy atom. The summed E-state index contributed by atoms with van der Waals surface area (Å²) in [5.41, 5.74) is 1.19. The Hall–Kier alpha value is -2.57. The maximum absolute atomic E-state index is 12.5. The second-order valence-electron chi connectivity index (χ2n) is 7.06. The quantitative estimate of drug-likeness (QED) is 0.784. The zero-order chi connectivity index (χ0) is 19.1. The molecule has 2 fully saturated rings. The van der Waals surface area contributed by atoms with Gasteiger partial charge in [0.1, 0.15) is 0 Å². The van der Waals surface area contributed by atoms with Crippen molar-refractivity contribution in [2.45, 2.75) is 25.7 Å². The predicted octanol–water partition coefficient (Wildman–Crippen LogP) is 1.43. The average Bonchev–Trinajstić information content (AvgIpc) is 2.69. The van der Waals surface area contributed by atoms with Crippen LogP contribution >= 0.6 is 0 Å². The van der Waals surface area contributed by atoms with Crippen molar-refractivity contribution in [1.82, 2.24) is 15.1 Å². The van der Waals surface area contributed by atoms with Gasteiger partial charge >= 0.3 is 6.09 Å². The molecule has 146 valence electrons. The molecule has 0 bridgehead atoms. The summed E-state index contributed by atoms with van der Waals surface area (Å²) in [7, 11) is 0. The van der Waals surface area contributed by atoms with Crippen LogP contribution in [0.1, 0.15) is 24.8 Å². The zero-order valence-corrected chi connectivity index (χ0v) is 15.6. The van der Waals surface area contributed by atoms with Gasteiger partial charge in [0.15, 0.2) is 0 Å². The molecule has 3 rings (SSSR count). The molecule has 1 atom stereocenters. The number of piperidine rings is 1. The first-order chi connectivity index (χ1) is 13.1. The lowest BCUT2D eigenvalue weighted by Crippen LogP contribution is -2.48. The highest BCUT2D eigenvalue weighted by atomic mass is 16.6. The van der Waals surface area contributed by atoms with E-state index in [9.17, 15) is 14.4 Å². The fourth-order valence-corrected chi connectivity index (χ4v) is 3.51. The molecule has 7 heteroatoms. The van der Waals surface area contributed by atoms with E-state index in [1.807, 2.05) is 30.3 Å². The highest BCUT2D eigenvalue weighted by Gasteiger charge is 2.30. The van der Waals surface area contributed by atoms with Crippen LogP contribution in [0.25, 0.3) is 0 Å². The number of carbonyl (C=O) groups is 3. The van der Waals surface area contributed by atoms with Crippen molar-refractivity contribution < 1.29 is 19.1 Å². The molecule has 27 heavy (non-hydrogen) atoms. The van der Waals surface area contributed by atoms with Crippen molar-refractivity contribution in [3.8, 4) is 0 Å². The third-order valence-electron chi connectivity index (χ3n) is 5.12. The van der Waals surface area contributed by atoms with E-state index >= 15 is 0 Å². The highest BCUT2D eigenvalue weighted by molar-refractivity contribution is 5.83. The van der Waals surface area contributed by atoms with Crippen molar-refractivity contribution in [3.63, 3.8) is 0 Å². The molecule has 1 unspecified atom stereocenters. The number of cyclic esters (lactones) is 1. The molecule has 0 radical (unpaired) electrons. The lowest BCUT2D eigenvalue weighted by atomic mass is 9.96. The van der Waals surface area contributed by atoms with Gasteiger partial charge in [-0.25, -0.2) is 4.79 Å². The van der Waals surface area contributed by atoms with Crippen LogP contribution in [0.3, 0.4) is 0 Å². The number of benzene rings is 1. The molecule has 3 amide bonds. The molecule has 1 aromatic carbocycles. The SMILES string of the molecule is O=C(NCCN1CCCOC1=O)C1CCC(=O)N(CCc2ccccc2)C1. The Labute approximate surface area is 159 Å². The van der Waals surface area contributed by atoms with E-state index < -0.39 is 0 Å². The second-order valence-corrected chi connectivity index (χ2v) is 7.06. The van der Waals surface area contributed by atoms with E-state index in [-0.39, 0.29) is 23.8 Å². The minimum atomic E-state index is -0.314. The molecule has 7 nitrogen and oxygen atoms in total. The summed E-state index contributed by atoms with van der Waals surface area (Å²) < 4.78 is 4.98. The van der Waals surface area contributed by atoms with Gasteiger partial charge in [0.2, 0.25) is 11.8 Å². The number of hydrogen-bond acceptors (Lipinski definition) is 4. The minimum absolute atomic E-state index is 0.0439. The lowest BCUT2D eigenvalue weighted by molar-refractivity contribution is -0.138. The van der Waals surface area contributed by atoms with Crippen molar-refractivity contribution in [2.24, 2.45) is 5.92 Å². The second kappa shape index (κ2) is 9.39. The van der Waals surface area contributed by atoms with Crippen LogP contribution < -0.4 is 5.32 Å². The van der Waals surface area contributed by atoms with Gasteiger partial charge in [-0.2, -0.15) is 0 Å². The average molecular weight is 373 g/mol. The molecule has 0 aromatic heterocycles. The molecule has 2 aliphatic heterocycles. The van der Waals surface area contributed by atoms with Crippen molar-refractivity contribution >= 4 is 17.9 Å². The fraction of sp³-hybridized carbons (Fsp3) is 0.550. The summed E-state index contributed by atoms with van der Waals surface area (Å²) in [6.45, 7) is 3.09. The van der Waals surface area contributed by atoms with Crippen LogP contribution in [-0.2, 0) is 20.7 Å². The van der Waals surface area contributed by atoms with Gasteiger partial charge in [0.25, 0.3) is 0 Å². The molecule has 1 aromatic rings. The fourth-order valence-electron chi connectivity index (χ4n) is 3.51. The van der Waals surface area contributed by atoms with Gasteiger partial charge in [-0.3, -0.25) is 9.59 Å².